The molecule has 0 atom stereocenters. The zero-order valence-electron chi connectivity index (χ0n) is 17.5. The second kappa shape index (κ2) is 10.7. The maximum atomic E-state index is 12.7. The van der Waals surface area contributed by atoms with Gasteiger partial charge in [-0.05, 0) is 30.3 Å². The van der Waals surface area contributed by atoms with Gasteiger partial charge in [0.1, 0.15) is 24.5 Å². The third-order valence-corrected chi connectivity index (χ3v) is 5.85. The molecule has 166 valence electrons. The highest BCUT2D eigenvalue weighted by molar-refractivity contribution is 9.10. The predicted octanol–water partition coefficient (Wildman–Crippen LogP) is 3.86. The molecule has 0 unspecified atom stereocenters. The number of anilines is 2. The molecule has 0 radical (unpaired) electrons. The zero-order valence-corrected chi connectivity index (χ0v) is 19.1. The minimum absolute atomic E-state index is 0.166. The van der Waals surface area contributed by atoms with Crippen molar-refractivity contribution in [3.05, 3.63) is 65.2 Å². The number of alkyl halides is 1. The molecule has 0 saturated carbocycles. The summed E-state index contributed by atoms with van der Waals surface area (Å²) in [4.78, 5) is 30.0. The number of aromatic nitrogens is 3. The molecule has 1 N–H and O–H groups in total. The number of piperazine rings is 1. The summed E-state index contributed by atoms with van der Waals surface area (Å²) in [5.41, 5.74) is 1.87. The van der Waals surface area contributed by atoms with Crippen LogP contribution in [0.1, 0.15) is 10.5 Å². The van der Waals surface area contributed by atoms with Gasteiger partial charge in [0.05, 0.1) is 11.7 Å². The van der Waals surface area contributed by atoms with Gasteiger partial charge >= 0.3 is 0 Å². The number of ketones is 1. The molecule has 3 heterocycles. The van der Waals surface area contributed by atoms with E-state index in [0.717, 1.165) is 41.7 Å². The van der Waals surface area contributed by atoms with E-state index in [1.807, 2.05) is 30.3 Å². The maximum absolute atomic E-state index is 12.7. The van der Waals surface area contributed by atoms with Crippen LogP contribution in [-0.4, -0.2) is 76.5 Å². The molecule has 1 aliphatic rings. The summed E-state index contributed by atoms with van der Waals surface area (Å²) in [6.07, 6.45) is 6.49. The van der Waals surface area contributed by atoms with Crippen LogP contribution in [0.2, 0.25) is 0 Å². The molecule has 0 spiro atoms. The first-order chi connectivity index (χ1) is 15.6. The Balaban J connectivity index is 1.43. The van der Waals surface area contributed by atoms with E-state index >= 15 is 0 Å². The number of nitrogens with zero attached hydrogens (tertiary/aromatic N) is 5. The standard InChI is InChI=1S/C23H24BrFN6O/c24-17-3-1-4-18(13-17)29-23-19-14-20(26-15-21(19)27-16-28-23)22(32)5-2-7-30-9-11-31(8-6-25)12-10-30/h1-5,13-16H,6-12H2,(H,27,28,29)/b5-2+/i25-1. The second-order valence-corrected chi connectivity index (χ2v) is 8.46. The van der Waals surface area contributed by atoms with Crippen molar-refractivity contribution >= 4 is 44.1 Å². The molecule has 0 aliphatic carbocycles. The summed E-state index contributed by atoms with van der Waals surface area (Å²) in [6.45, 7) is 4.32. The third kappa shape index (κ3) is 5.73. The Kier molecular flexibility index (Phi) is 7.51. The van der Waals surface area contributed by atoms with Crippen molar-refractivity contribution in [2.45, 2.75) is 0 Å². The summed E-state index contributed by atoms with van der Waals surface area (Å²) in [5, 5.41) is 4.01. The number of fused-ring (bicyclic) bond motifs is 1. The fourth-order valence-corrected chi connectivity index (χ4v) is 4.00. The molecule has 1 aliphatic heterocycles. The van der Waals surface area contributed by atoms with E-state index in [1.54, 1.807) is 18.3 Å². The first-order valence-corrected chi connectivity index (χ1v) is 11.3. The number of rotatable bonds is 8. The molecule has 1 fully saturated rings. The molecular formula is C23H24BrFN6O. The van der Waals surface area contributed by atoms with Gasteiger partial charge in [-0.15, -0.1) is 0 Å². The SMILES string of the molecule is O=C(/C=C/CN1CCN(CC[18F])CC1)c1cc2c(Nc3cccc(Br)c3)ncnc2cn1. The smallest absolute Gasteiger partial charge is 0.203 e. The summed E-state index contributed by atoms with van der Waals surface area (Å²) in [6, 6.07) is 9.48. The zero-order chi connectivity index (χ0) is 22.3. The lowest BCUT2D eigenvalue weighted by Crippen LogP contribution is -2.46. The molecule has 2 aromatic heterocycles. The summed E-state index contributed by atoms with van der Waals surface area (Å²) < 4.78 is 13.4. The number of carbonyl (C=O) groups is 1. The highest BCUT2D eigenvalue weighted by Gasteiger charge is 2.15. The van der Waals surface area contributed by atoms with Crippen LogP contribution < -0.4 is 5.32 Å². The van der Waals surface area contributed by atoms with E-state index in [0.29, 0.717) is 30.1 Å². The Bertz CT molecular complexity index is 1120. The van der Waals surface area contributed by atoms with Gasteiger partial charge in [0.25, 0.3) is 0 Å². The van der Waals surface area contributed by atoms with Crippen LogP contribution in [0, 0.1) is 0 Å². The molecule has 0 amide bonds. The van der Waals surface area contributed by atoms with E-state index in [1.165, 1.54) is 6.33 Å². The maximum Gasteiger partial charge on any atom is 0.203 e. The lowest BCUT2D eigenvalue weighted by Gasteiger charge is -2.33. The van der Waals surface area contributed by atoms with Crippen molar-refractivity contribution in [3.63, 3.8) is 0 Å². The molecule has 9 heteroatoms. The summed E-state index contributed by atoms with van der Waals surface area (Å²) >= 11 is 3.46. The van der Waals surface area contributed by atoms with Gasteiger partial charge in [-0.3, -0.25) is 19.6 Å². The van der Waals surface area contributed by atoms with E-state index in [-0.39, 0.29) is 12.5 Å². The number of hydrogen-bond donors (Lipinski definition) is 1. The topological polar surface area (TPSA) is 74.2 Å². The van der Waals surface area contributed by atoms with E-state index in [4.69, 9.17) is 0 Å². The molecular weight excluding hydrogens is 474 g/mol. The largest absolute Gasteiger partial charge is 0.340 e. The summed E-state index contributed by atoms with van der Waals surface area (Å²) in [5.74, 6) is 0.444. The number of nitrogens with one attached hydrogen (secondary N) is 1. The number of benzene rings is 1. The monoisotopic (exact) mass is 497 g/mol. The molecule has 1 saturated heterocycles. The molecule has 3 aromatic rings. The van der Waals surface area contributed by atoms with Crippen LogP contribution in [0.4, 0.5) is 15.9 Å². The van der Waals surface area contributed by atoms with Gasteiger partial charge in [0.15, 0.2) is 0 Å². The first-order valence-electron chi connectivity index (χ1n) is 10.5. The van der Waals surface area contributed by atoms with Gasteiger partial charge in [0, 0.05) is 54.8 Å². The van der Waals surface area contributed by atoms with Crippen molar-refractivity contribution in [3.8, 4) is 0 Å². The highest BCUT2D eigenvalue weighted by atomic mass is 79.9. The quantitative estimate of drug-likeness (QED) is 0.374. The minimum Gasteiger partial charge on any atom is -0.340 e. The van der Waals surface area contributed by atoms with Crippen molar-refractivity contribution in [2.75, 3.05) is 51.3 Å². The van der Waals surface area contributed by atoms with Gasteiger partial charge in [-0.1, -0.05) is 28.1 Å². The number of carbonyl (C=O) groups excluding carboxylic acids is 1. The molecule has 4 rings (SSSR count). The van der Waals surface area contributed by atoms with Crippen LogP contribution in [-0.2, 0) is 0 Å². The van der Waals surface area contributed by atoms with Gasteiger partial charge in [0.2, 0.25) is 5.78 Å². The Labute approximate surface area is 194 Å². The minimum atomic E-state index is -0.307. The van der Waals surface area contributed by atoms with E-state index in [2.05, 4.69) is 46.0 Å². The van der Waals surface area contributed by atoms with Crippen LogP contribution in [0.15, 0.2) is 59.5 Å². The van der Waals surface area contributed by atoms with Gasteiger partial charge < -0.3 is 5.32 Å². The van der Waals surface area contributed by atoms with Gasteiger partial charge in [-0.25, -0.2) is 14.4 Å². The number of pyridine rings is 1. The van der Waals surface area contributed by atoms with Gasteiger partial charge in [-0.2, -0.15) is 0 Å². The molecule has 1 aromatic carbocycles. The van der Waals surface area contributed by atoms with Crippen LogP contribution in [0.3, 0.4) is 0 Å². The fraction of sp³-hybridized carbons (Fsp3) is 0.304. The average molecular weight is 498 g/mol. The van der Waals surface area contributed by atoms with Crippen LogP contribution in [0.5, 0.6) is 0 Å². The lowest BCUT2D eigenvalue weighted by atomic mass is 10.1. The molecule has 7 nitrogen and oxygen atoms in total. The third-order valence-electron chi connectivity index (χ3n) is 5.36. The Morgan fingerprint density at radius 3 is 2.72 bits per heavy atom. The van der Waals surface area contributed by atoms with E-state index in [9.17, 15) is 9.18 Å². The first kappa shape index (κ1) is 22.4. The van der Waals surface area contributed by atoms with Crippen LogP contribution in [0.25, 0.3) is 10.9 Å². The van der Waals surface area contributed by atoms with Crippen molar-refractivity contribution in [2.24, 2.45) is 0 Å². The fourth-order valence-electron chi connectivity index (χ4n) is 3.61. The number of hydrogen-bond acceptors (Lipinski definition) is 7. The second-order valence-electron chi connectivity index (χ2n) is 7.54. The Morgan fingerprint density at radius 1 is 1.12 bits per heavy atom. The predicted molar refractivity (Wildman–Crippen MR) is 127 cm³/mol. The number of halogens is 2. The Hall–Kier alpha value is -2.75. The molecule has 32 heavy (non-hydrogen) atoms. The van der Waals surface area contributed by atoms with E-state index < -0.39 is 0 Å². The Morgan fingerprint density at radius 2 is 1.94 bits per heavy atom. The van der Waals surface area contributed by atoms with Crippen molar-refractivity contribution in [1.82, 2.24) is 24.8 Å². The highest BCUT2D eigenvalue weighted by Crippen LogP contribution is 2.25. The molecule has 0 bridgehead atoms. The summed E-state index contributed by atoms with van der Waals surface area (Å²) in [7, 11) is 0. The van der Waals surface area contributed by atoms with Crippen molar-refractivity contribution in [1.29, 1.82) is 0 Å². The average Bonchev–Trinajstić information content (AvgIpc) is 2.80. The van der Waals surface area contributed by atoms with Crippen molar-refractivity contribution < 1.29 is 9.18 Å². The number of allylic oxidation sites excluding steroid dienone is 1. The normalized spacial score (nSPS) is 15.4. The van der Waals surface area contributed by atoms with Crippen LogP contribution >= 0.6 is 15.9 Å². The lowest BCUT2D eigenvalue weighted by molar-refractivity contribution is 0.104.